The number of hydrogen-bond acceptors (Lipinski definition) is 3. The van der Waals surface area contributed by atoms with Crippen molar-refractivity contribution in [3.8, 4) is 5.75 Å². The van der Waals surface area contributed by atoms with E-state index in [1.807, 2.05) is 6.07 Å². The van der Waals surface area contributed by atoms with Crippen molar-refractivity contribution in [1.82, 2.24) is 5.32 Å². The SMILES string of the molecule is Cl.FC(F)Oc1cccc([C@@H]2COCCN2)c1. The Bertz CT molecular complexity index is 346. The van der Waals surface area contributed by atoms with Crippen molar-refractivity contribution in [2.75, 3.05) is 19.8 Å². The van der Waals surface area contributed by atoms with E-state index < -0.39 is 6.61 Å². The molecule has 0 bridgehead atoms. The summed E-state index contributed by atoms with van der Waals surface area (Å²) in [4.78, 5) is 0. The maximum atomic E-state index is 12.0. The number of hydrogen-bond donors (Lipinski definition) is 1. The Hall–Kier alpha value is -0.910. The number of halogens is 3. The van der Waals surface area contributed by atoms with Crippen LogP contribution in [0.5, 0.6) is 5.75 Å². The van der Waals surface area contributed by atoms with Gasteiger partial charge in [-0.15, -0.1) is 12.4 Å². The molecule has 3 nitrogen and oxygen atoms in total. The van der Waals surface area contributed by atoms with Gasteiger partial charge in [0.2, 0.25) is 0 Å². The fourth-order valence-corrected chi connectivity index (χ4v) is 1.69. The molecule has 0 aromatic heterocycles. The standard InChI is InChI=1S/C11H13F2NO2.ClH/c12-11(13)16-9-3-1-2-8(6-9)10-7-15-5-4-14-10;/h1-3,6,10-11,14H,4-5,7H2;1H/t10-;/m0./s1. The first kappa shape index (κ1) is 14.2. The highest BCUT2D eigenvalue weighted by Gasteiger charge is 2.16. The Balaban J connectivity index is 0.00000144. The molecule has 1 atom stereocenters. The first-order valence-electron chi connectivity index (χ1n) is 5.11. The van der Waals surface area contributed by atoms with Crippen molar-refractivity contribution in [2.24, 2.45) is 0 Å². The fraction of sp³-hybridized carbons (Fsp3) is 0.455. The first-order valence-corrected chi connectivity index (χ1v) is 5.11. The van der Waals surface area contributed by atoms with Crippen LogP contribution < -0.4 is 10.1 Å². The summed E-state index contributed by atoms with van der Waals surface area (Å²) in [7, 11) is 0. The molecule has 1 fully saturated rings. The predicted molar refractivity (Wildman–Crippen MR) is 61.9 cm³/mol. The summed E-state index contributed by atoms with van der Waals surface area (Å²) >= 11 is 0. The molecule has 1 N–H and O–H groups in total. The zero-order chi connectivity index (χ0) is 11.4. The van der Waals surface area contributed by atoms with E-state index >= 15 is 0 Å². The molecule has 6 heteroatoms. The minimum absolute atomic E-state index is 0. The van der Waals surface area contributed by atoms with Crippen molar-refractivity contribution >= 4 is 12.4 Å². The van der Waals surface area contributed by atoms with Crippen LogP contribution in [0.2, 0.25) is 0 Å². The van der Waals surface area contributed by atoms with Gasteiger partial charge in [0.25, 0.3) is 0 Å². The molecule has 1 aromatic rings. The largest absolute Gasteiger partial charge is 0.435 e. The number of rotatable bonds is 3. The van der Waals surface area contributed by atoms with E-state index in [1.54, 1.807) is 12.1 Å². The van der Waals surface area contributed by atoms with Crippen LogP contribution in [0.15, 0.2) is 24.3 Å². The third kappa shape index (κ3) is 4.11. The highest BCUT2D eigenvalue weighted by atomic mass is 35.5. The molecule has 1 aliphatic rings. The van der Waals surface area contributed by atoms with Gasteiger partial charge in [0.15, 0.2) is 0 Å². The van der Waals surface area contributed by atoms with Gasteiger partial charge in [-0.05, 0) is 17.7 Å². The Morgan fingerprint density at radius 3 is 2.88 bits per heavy atom. The summed E-state index contributed by atoms with van der Waals surface area (Å²) in [6, 6.07) is 6.74. The minimum atomic E-state index is -2.79. The molecule has 2 rings (SSSR count). The predicted octanol–water partition coefficient (Wildman–Crippen LogP) is 2.37. The Labute approximate surface area is 105 Å². The summed E-state index contributed by atoms with van der Waals surface area (Å²) in [5.41, 5.74) is 0.901. The maximum absolute atomic E-state index is 12.0. The van der Waals surface area contributed by atoms with Crippen LogP contribution in [-0.2, 0) is 4.74 Å². The Kier molecular flexibility index (Phi) is 5.61. The summed E-state index contributed by atoms with van der Waals surface area (Å²) in [5.74, 6) is 0.180. The normalized spacial score (nSPS) is 19.8. The summed E-state index contributed by atoms with van der Waals surface area (Å²) in [5, 5.41) is 3.25. The van der Waals surface area contributed by atoms with Gasteiger partial charge in [-0.1, -0.05) is 12.1 Å². The zero-order valence-electron chi connectivity index (χ0n) is 9.07. The van der Waals surface area contributed by atoms with Crippen LogP contribution in [0.4, 0.5) is 8.78 Å². The van der Waals surface area contributed by atoms with Gasteiger partial charge in [-0.3, -0.25) is 0 Å². The lowest BCUT2D eigenvalue weighted by atomic mass is 10.1. The van der Waals surface area contributed by atoms with Gasteiger partial charge in [0, 0.05) is 6.54 Å². The van der Waals surface area contributed by atoms with Crippen LogP contribution in [-0.4, -0.2) is 26.4 Å². The molecule has 0 aliphatic carbocycles. The second-order valence-electron chi connectivity index (χ2n) is 3.53. The van der Waals surface area contributed by atoms with Crippen LogP contribution in [0.25, 0.3) is 0 Å². The van der Waals surface area contributed by atoms with Gasteiger partial charge < -0.3 is 14.8 Å². The smallest absolute Gasteiger partial charge is 0.387 e. The van der Waals surface area contributed by atoms with E-state index in [0.717, 1.165) is 12.1 Å². The van der Waals surface area contributed by atoms with Crippen molar-refractivity contribution in [3.05, 3.63) is 29.8 Å². The molecule has 0 unspecified atom stereocenters. The molecule has 96 valence electrons. The quantitative estimate of drug-likeness (QED) is 0.910. The van der Waals surface area contributed by atoms with Crippen molar-refractivity contribution in [3.63, 3.8) is 0 Å². The van der Waals surface area contributed by atoms with E-state index in [0.29, 0.717) is 13.2 Å². The molecule has 1 aliphatic heterocycles. The summed E-state index contributed by atoms with van der Waals surface area (Å²) in [6.07, 6.45) is 0. The van der Waals surface area contributed by atoms with Crippen molar-refractivity contribution < 1.29 is 18.3 Å². The highest BCUT2D eigenvalue weighted by molar-refractivity contribution is 5.85. The van der Waals surface area contributed by atoms with Gasteiger partial charge >= 0.3 is 6.61 Å². The second-order valence-corrected chi connectivity index (χ2v) is 3.53. The van der Waals surface area contributed by atoms with Gasteiger partial charge in [-0.2, -0.15) is 8.78 Å². The van der Waals surface area contributed by atoms with Crippen LogP contribution in [0, 0.1) is 0 Å². The van der Waals surface area contributed by atoms with Crippen molar-refractivity contribution in [2.45, 2.75) is 12.7 Å². The molecule has 0 radical (unpaired) electrons. The lowest BCUT2D eigenvalue weighted by Gasteiger charge is -2.24. The van der Waals surface area contributed by atoms with E-state index in [4.69, 9.17) is 4.74 Å². The molecular formula is C11H14ClF2NO2. The zero-order valence-corrected chi connectivity index (χ0v) is 9.88. The third-order valence-electron chi connectivity index (χ3n) is 2.41. The average Bonchev–Trinajstić information content (AvgIpc) is 2.30. The summed E-state index contributed by atoms with van der Waals surface area (Å²) < 4.78 is 33.7. The van der Waals surface area contributed by atoms with E-state index in [2.05, 4.69) is 10.1 Å². The fourth-order valence-electron chi connectivity index (χ4n) is 1.69. The molecule has 0 amide bonds. The van der Waals surface area contributed by atoms with Gasteiger partial charge in [-0.25, -0.2) is 0 Å². The molecule has 17 heavy (non-hydrogen) atoms. The molecule has 0 saturated carbocycles. The average molecular weight is 266 g/mol. The van der Waals surface area contributed by atoms with E-state index in [9.17, 15) is 8.78 Å². The topological polar surface area (TPSA) is 30.5 Å². The molecule has 1 saturated heterocycles. The van der Waals surface area contributed by atoms with Crippen LogP contribution >= 0.6 is 12.4 Å². The van der Waals surface area contributed by atoms with Crippen LogP contribution in [0.3, 0.4) is 0 Å². The third-order valence-corrected chi connectivity index (χ3v) is 2.41. The summed E-state index contributed by atoms with van der Waals surface area (Å²) in [6.45, 7) is -0.780. The van der Waals surface area contributed by atoms with E-state index in [1.165, 1.54) is 6.07 Å². The van der Waals surface area contributed by atoms with Crippen molar-refractivity contribution in [1.29, 1.82) is 0 Å². The molecule has 0 spiro atoms. The van der Waals surface area contributed by atoms with E-state index in [-0.39, 0.29) is 24.2 Å². The van der Waals surface area contributed by atoms with Gasteiger partial charge in [0.05, 0.1) is 19.3 Å². The number of benzene rings is 1. The number of alkyl halides is 2. The maximum Gasteiger partial charge on any atom is 0.387 e. The van der Waals surface area contributed by atoms with Crippen LogP contribution in [0.1, 0.15) is 11.6 Å². The Morgan fingerprint density at radius 2 is 2.24 bits per heavy atom. The number of morpholine rings is 1. The lowest BCUT2D eigenvalue weighted by Crippen LogP contribution is -2.34. The number of ether oxygens (including phenoxy) is 2. The molecule has 1 heterocycles. The first-order chi connectivity index (χ1) is 7.75. The Morgan fingerprint density at radius 1 is 1.41 bits per heavy atom. The minimum Gasteiger partial charge on any atom is -0.435 e. The second kappa shape index (κ2) is 6.74. The number of nitrogens with one attached hydrogen (secondary N) is 1. The van der Waals surface area contributed by atoms with Gasteiger partial charge in [0.1, 0.15) is 5.75 Å². The highest BCUT2D eigenvalue weighted by Crippen LogP contribution is 2.22. The molecular weight excluding hydrogens is 252 g/mol. The monoisotopic (exact) mass is 265 g/mol. The molecule has 1 aromatic carbocycles. The lowest BCUT2D eigenvalue weighted by molar-refractivity contribution is -0.0499.